The van der Waals surface area contributed by atoms with Gasteiger partial charge >= 0.3 is 0 Å². The first-order valence-electron chi connectivity index (χ1n) is 4.74. The van der Waals surface area contributed by atoms with Gasteiger partial charge in [0.05, 0.1) is 18.8 Å². The highest BCUT2D eigenvalue weighted by molar-refractivity contribution is 5.09. The molecule has 1 saturated carbocycles. The highest BCUT2D eigenvalue weighted by atomic mass is 16.5. The third-order valence-corrected chi connectivity index (χ3v) is 3.49. The molecular weight excluding hydrogens is 172 g/mol. The van der Waals surface area contributed by atoms with Crippen LogP contribution in [0.2, 0.25) is 0 Å². The zero-order chi connectivity index (χ0) is 9.64. The lowest BCUT2D eigenvalue weighted by Gasteiger charge is -2.41. The molecule has 76 valence electrons. The molecule has 2 aliphatic rings. The largest absolute Gasteiger partial charge is 0.394 e. The van der Waals surface area contributed by atoms with E-state index >= 15 is 0 Å². The van der Waals surface area contributed by atoms with Gasteiger partial charge in [-0.2, -0.15) is 0 Å². The Kier molecular flexibility index (Phi) is 2.11. The van der Waals surface area contributed by atoms with E-state index in [0.29, 0.717) is 0 Å². The first kappa shape index (κ1) is 9.40. The Morgan fingerprint density at radius 1 is 1.38 bits per heavy atom. The van der Waals surface area contributed by atoms with Crippen molar-refractivity contribution in [3.63, 3.8) is 0 Å². The van der Waals surface area contributed by atoms with Crippen LogP contribution in [0.4, 0.5) is 0 Å². The van der Waals surface area contributed by atoms with Crippen molar-refractivity contribution >= 4 is 0 Å². The molecule has 1 aliphatic carbocycles. The zero-order valence-corrected chi connectivity index (χ0v) is 7.68. The Balaban J connectivity index is 2.13. The molecule has 4 atom stereocenters. The van der Waals surface area contributed by atoms with Crippen molar-refractivity contribution in [2.24, 2.45) is 5.41 Å². The van der Waals surface area contributed by atoms with Crippen LogP contribution in [0.25, 0.3) is 0 Å². The van der Waals surface area contributed by atoms with E-state index in [4.69, 9.17) is 9.84 Å². The first-order valence-corrected chi connectivity index (χ1v) is 4.74. The van der Waals surface area contributed by atoms with Gasteiger partial charge in [-0.05, 0) is 19.8 Å². The van der Waals surface area contributed by atoms with Crippen LogP contribution in [-0.2, 0) is 4.74 Å². The molecule has 1 heterocycles. The summed E-state index contributed by atoms with van der Waals surface area (Å²) in [6, 6.07) is 0. The van der Waals surface area contributed by atoms with Crippen LogP contribution in [-0.4, -0.2) is 46.3 Å². The minimum atomic E-state index is -0.941. The molecule has 0 radical (unpaired) electrons. The Hall–Kier alpha value is -0.160. The summed E-state index contributed by atoms with van der Waals surface area (Å²) in [6.45, 7) is 1.66. The van der Waals surface area contributed by atoms with Crippen molar-refractivity contribution in [1.29, 1.82) is 0 Å². The van der Waals surface area contributed by atoms with Gasteiger partial charge in [0, 0.05) is 5.41 Å². The normalized spacial score (nSPS) is 48.0. The summed E-state index contributed by atoms with van der Waals surface area (Å²) in [5.41, 5.74) is -0.231. The minimum absolute atomic E-state index is 0.0666. The molecule has 13 heavy (non-hydrogen) atoms. The molecule has 0 aromatic heterocycles. The van der Waals surface area contributed by atoms with Crippen LogP contribution in [0.3, 0.4) is 0 Å². The highest BCUT2D eigenvalue weighted by Crippen LogP contribution is 2.56. The highest BCUT2D eigenvalue weighted by Gasteiger charge is 2.60. The summed E-state index contributed by atoms with van der Waals surface area (Å²) in [5.74, 6) is 0. The molecule has 0 aromatic rings. The van der Waals surface area contributed by atoms with E-state index < -0.39 is 18.3 Å². The molecule has 2 fully saturated rings. The van der Waals surface area contributed by atoms with Gasteiger partial charge in [0.15, 0.2) is 0 Å². The van der Waals surface area contributed by atoms with E-state index in [-0.39, 0.29) is 18.1 Å². The monoisotopic (exact) mass is 188 g/mol. The summed E-state index contributed by atoms with van der Waals surface area (Å²) in [4.78, 5) is 0. The van der Waals surface area contributed by atoms with Gasteiger partial charge in [-0.1, -0.05) is 0 Å². The zero-order valence-electron chi connectivity index (χ0n) is 7.68. The Morgan fingerprint density at radius 3 is 2.46 bits per heavy atom. The average Bonchev–Trinajstić information content (AvgIpc) is 2.90. The van der Waals surface area contributed by atoms with Gasteiger partial charge in [0.1, 0.15) is 12.2 Å². The van der Waals surface area contributed by atoms with Crippen molar-refractivity contribution in [3.8, 4) is 0 Å². The van der Waals surface area contributed by atoms with Crippen LogP contribution in [0.5, 0.6) is 0 Å². The second-order valence-electron chi connectivity index (χ2n) is 4.17. The lowest BCUT2D eigenvalue weighted by Crippen LogP contribution is -2.56. The molecule has 0 amide bonds. The predicted molar refractivity (Wildman–Crippen MR) is 45.1 cm³/mol. The van der Waals surface area contributed by atoms with Crippen molar-refractivity contribution < 1.29 is 20.1 Å². The molecule has 1 saturated heterocycles. The number of hydrogen-bond donors (Lipinski definition) is 3. The lowest BCUT2D eigenvalue weighted by atomic mass is 9.84. The maximum absolute atomic E-state index is 9.80. The number of aliphatic hydroxyl groups is 3. The Morgan fingerprint density at radius 2 is 2.00 bits per heavy atom. The van der Waals surface area contributed by atoms with Crippen LogP contribution in [0.15, 0.2) is 0 Å². The van der Waals surface area contributed by atoms with Crippen LogP contribution in [0.1, 0.15) is 19.8 Å². The van der Waals surface area contributed by atoms with Gasteiger partial charge in [-0.3, -0.25) is 0 Å². The molecule has 0 bridgehead atoms. The number of aliphatic hydroxyl groups excluding tert-OH is 3. The third kappa shape index (κ3) is 1.21. The average molecular weight is 188 g/mol. The molecule has 3 N–H and O–H groups in total. The molecule has 4 heteroatoms. The smallest absolute Gasteiger partial charge is 0.109 e. The van der Waals surface area contributed by atoms with E-state index in [1.807, 2.05) is 6.92 Å². The number of rotatable bonds is 1. The molecule has 1 spiro atoms. The third-order valence-electron chi connectivity index (χ3n) is 3.49. The van der Waals surface area contributed by atoms with Crippen LogP contribution >= 0.6 is 0 Å². The molecule has 0 aromatic carbocycles. The topological polar surface area (TPSA) is 69.9 Å². The summed E-state index contributed by atoms with van der Waals surface area (Å²) >= 11 is 0. The van der Waals surface area contributed by atoms with Crippen molar-refractivity contribution in [1.82, 2.24) is 0 Å². The summed E-state index contributed by atoms with van der Waals surface area (Å²) in [5, 5.41) is 28.3. The van der Waals surface area contributed by atoms with Crippen LogP contribution < -0.4 is 0 Å². The van der Waals surface area contributed by atoms with E-state index in [0.717, 1.165) is 12.8 Å². The maximum atomic E-state index is 9.80. The van der Waals surface area contributed by atoms with E-state index in [2.05, 4.69) is 0 Å². The van der Waals surface area contributed by atoms with Crippen molar-refractivity contribution in [2.45, 2.75) is 44.2 Å². The quantitative estimate of drug-likeness (QED) is 0.507. The summed E-state index contributed by atoms with van der Waals surface area (Å²) in [7, 11) is 0. The van der Waals surface area contributed by atoms with E-state index in [9.17, 15) is 10.2 Å². The van der Waals surface area contributed by atoms with Gasteiger partial charge in [0.2, 0.25) is 0 Å². The van der Waals surface area contributed by atoms with Gasteiger partial charge in [-0.25, -0.2) is 0 Å². The molecular formula is C9H16O4. The summed E-state index contributed by atoms with van der Waals surface area (Å²) in [6.07, 6.45) is -0.564. The molecule has 2 rings (SSSR count). The van der Waals surface area contributed by atoms with Gasteiger partial charge < -0.3 is 20.1 Å². The van der Waals surface area contributed by atoms with Crippen LogP contribution in [0, 0.1) is 5.41 Å². The second-order valence-corrected chi connectivity index (χ2v) is 4.17. The second kappa shape index (κ2) is 2.92. The van der Waals surface area contributed by atoms with E-state index in [1.165, 1.54) is 0 Å². The SMILES string of the molecule is CC1O[C@H](CO)[C@H](O)[C@H](O)C12CC2. The van der Waals surface area contributed by atoms with Crippen molar-refractivity contribution in [2.75, 3.05) is 6.61 Å². The fraction of sp³-hybridized carbons (Fsp3) is 1.00. The lowest BCUT2D eigenvalue weighted by molar-refractivity contribution is -0.213. The Labute approximate surface area is 77.1 Å². The standard InChI is InChI=1S/C9H16O4/c1-5-9(2-3-9)8(12)7(11)6(4-10)13-5/h5-8,10-12H,2-4H2,1H3/t5?,6-,7+,8+/m1/s1. The fourth-order valence-electron chi connectivity index (χ4n) is 2.26. The number of ether oxygens (including phenoxy) is 1. The minimum Gasteiger partial charge on any atom is -0.394 e. The van der Waals surface area contributed by atoms with Gasteiger partial charge in [-0.15, -0.1) is 0 Å². The van der Waals surface area contributed by atoms with E-state index in [1.54, 1.807) is 0 Å². The maximum Gasteiger partial charge on any atom is 0.109 e. The van der Waals surface area contributed by atoms with Crippen molar-refractivity contribution in [3.05, 3.63) is 0 Å². The number of hydrogen-bond acceptors (Lipinski definition) is 4. The van der Waals surface area contributed by atoms with Gasteiger partial charge in [0.25, 0.3) is 0 Å². The summed E-state index contributed by atoms with van der Waals surface area (Å²) < 4.78 is 5.44. The predicted octanol–water partition coefficient (Wildman–Crippen LogP) is -0.732. The fourth-order valence-corrected chi connectivity index (χ4v) is 2.26. The molecule has 1 unspecified atom stereocenters. The Bertz CT molecular complexity index is 202. The first-order chi connectivity index (χ1) is 6.12. The molecule has 1 aliphatic heterocycles. The molecule has 4 nitrogen and oxygen atoms in total.